The number of hydrogen-bond donors (Lipinski definition) is 1. The van der Waals surface area contributed by atoms with Gasteiger partial charge in [-0.2, -0.15) is 5.10 Å². The maximum Gasteiger partial charge on any atom is 0.222 e. The summed E-state index contributed by atoms with van der Waals surface area (Å²) in [5, 5.41) is 5.73. The van der Waals surface area contributed by atoms with Crippen molar-refractivity contribution in [3.8, 4) is 0 Å². The highest BCUT2D eigenvalue weighted by Crippen LogP contribution is 2.23. The number of fused-ring (bicyclic) bond motifs is 3. The maximum atomic E-state index is 12.4. The van der Waals surface area contributed by atoms with E-state index in [1.165, 1.54) is 0 Å². The molecule has 1 aliphatic rings. The normalized spacial score (nSPS) is 17.7. The van der Waals surface area contributed by atoms with E-state index in [0.717, 1.165) is 46.5 Å². The van der Waals surface area contributed by atoms with Gasteiger partial charge in [-0.15, -0.1) is 0 Å². The molecule has 2 N–H and O–H groups in total. The van der Waals surface area contributed by atoms with E-state index in [0.29, 0.717) is 19.4 Å². The second kappa shape index (κ2) is 6.11. The molecule has 1 aliphatic heterocycles. The van der Waals surface area contributed by atoms with Crippen LogP contribution in [0.5, 0.6) is 0 Å². The fourth-order valence-corrected chi connectivity index (χ4v) is 3.74. The molecule has 0 bridgehead atoms. The summed E-state index contributed by atoms with van der Waals surface area (Å²) in [5.41, 5.74) is 10.9. The Morgan fingerprint density at radius 3 is 2.88 bits per heavy atom. The number of nitrogens with zero attached hydrogens (tertiary/aromatic N) is 4. The highest BCUT2D eigenvalue weighted by molar-refractivity contribution is 5.92. The molecule has 6 nitrogen and oxygen atoms in total. The first-order valence-corrected chi connectivity index (χ1v) is 8.81. The summed E-state index contributed by atoms with van der Waals surface area (Å²) in [4.78, 5) is 19.1. The largest absolute Gasteiger partial charge is 0.341 e. The van der Waals surface area contributed by atoms with Crippen molar-refractivity contribution >= 4 is 22.5 Å². The third kappa shape index (κ3) is 2.76. The van der Waals surface area contributed by atoms with Gasteiger partial charge >= 0.3 is 0 Å². The molecule has 3 heterocycles. The molecule has 4 rings (SSSR count). The van der Waals surface area contributed by atoms with Gasteiger partial charge in [0.05, 0.1) is 5.52 Å². The molecular formula is C19H23N5O. The summed E-state index contributed by atoms with van der Waals surface area (Å²) in [5.74, 6) is 0.178. The molecule has 3 aromatic rings. The second-order valence-electron chi connectivity index (χ2n) is 6.90. The quantitative estimate of drug-likeness (QED) is 0.793. The lowest BCUT2D eigenvalue weighted by Crippen LogP contribution is -2.32. The van der Waals surface area contributed by atoms with Gasteiger partial charge in [0.1, 0.15) is 0 Å². The molecule has 1 aromatic carbocycles. The van der Waals surface area contributed by atoms with Gasteiger partial charge in [0.15, 0.2) is 5.65 Å². The summed E-state index contributed by atoms with van der Waals surface area (Å²) in [6, 6.07) is 8.16. The van der Waals surface area contributed by atoms with Gasteiger partial charge in [0.25, 0.3) is 0 Å². The van der Waals surface area contributed by atoms with Crippen LogP contribution in [0.4, 0.5) is 0 Å². The number of likely N-dealkylation sites (tertiary alicyclic amines) is 1. The standard InChI is InChI=1S/C19H23N5O/c1-12-15(7-8-18(25)23-10-9-14(20)11-23)13(2)24-19(21-12)16-5-3-4-6-17(16)22-24/h3-6,14H,7-11,20H2,1-2H3/t14-/m1/s1. The summed E-state index contributed by atoms with van der Waals surface area (Å²) in [6.45, 7) is 5.53. The number of nitrogens with two attached hydrogens (primary N) is 1. The Morgan fingerprint density at radius 1 is 1.32 bits per heavy atom. The van der Waals surface area contributed by atoms with Crippen LogP contribution in [0, 0.1) is 13.8 Å². The molecule has 25 heavy (non-hydrogen) atoms. The number of amides is 1. The fourth-order valence-electron chi connectivity index (χ4n) is 3.74. The van der Waals surface area contributed by atoms with Gasteiger partial charge in [-0.25, -0.2) is 9.50 Å². The number of aromatic nitrogens is 3. The lowest BCUT2D eigenvalue weighted by atomic mass is 10.1. The molecule has 1 amide bonds. The van der Waals surface area contributed by atoms with E-state index in [-0.39, 0.29) is 11.9 Å². The van der Waals surface area contributed by atoms with E-state index in [9.17, 15) is 4.79 Å². The first-order valence-electron chi connectivity index (χ1n) is 8.81. The minimum atomic E-state index is 0.127. The van der Waals surface area contributed by atoms with Crippen LogP contribution in [0.25, 0.3) is 16.6 Å². The summed E-state index contributed by atoms with van der Waals surface area (Å²) < 4.78 is 1.91. The summed E-state index contributed by atoms with van der Waals surface area (Å²) in [7, 11) is 0. The SMILES string of the molecule is Cc1nc2c3ccccc3nn2c(C)c1CCC(=O)N1CC[C@@H](N)C1. The van der Waals surface area contributed by atoms with Crippen molar-refractivity contribution in [2.24, 2.45) is 5.73 Å². The third-order valence-corrected chi connectivity index (χ3v) is 5.18. The lowest BCUT2D eigenvalue weighted by molar-refractivity contribution is -0.130. The molecule has 0 radical (unpaired) electrons. The van der Waals surface area contributed by atoms with E-state index in [1.807, 2.05) is 40.6 Å². The monoisotopic (exact) mass is 337 g/mol. The number of rotatable bonds is 3. The Labute approximate surface area is 146 Å². The highest BCUT2D eigenvalue weighted by atomic mass is 16.2. The smallest absolute Gasteiger partial charge is 0.222 e. The average molecular weight is 337 g/mol. The number of carbonyl (C=O) groups excluding carboxylic acids is 1. The molecule has 2 aromatic heterocycles. The van der Waals surface area contributed by atoms with Gasteiger partial charge in [0.2, 0.25) is 5.91 Å². The molecule has 130 valence electrons. The minimum Gasteiger partial charge on any atom is -0.341 e. The molecular weight excluding hydrogens is 314 g/mol. The summed E-state index contributed by atoms with van der Waals surface area (Å²) in [6.07, 6.45) is 2.07. The van der Waals surface area contributed by atoms with Crippen LogP contribution in [-0.2, 0) is 11.2 Å². The van der Waals surface area contributed by atoms with E-state index in [2.05, 4.69) is 12.0 Å². The van der Waals surface area contributed by atoms with Crippen LogP contribution >= 0.6 is 0 Å². The zero-order chi connectivity index (χ0) is 17.6. The van der Waals surface area contributed by atoms with Crippen molar-refractivity contribution in [3.63, 3.8) is 0 Å². The molecule has 1 saturated heterocycles. The molecule has 0 saturated carbocycles. The number of aryl methyl sites for hydroxylation is 2. The van der Waals surface area contributed by atoms with Crippen molar-refractivity contribution in [2.45, 2.75) is 39.2 Å². The van der Waals surface area contributed by atoms with E-state index < -0.39 is 0 Å². The van der Waals surface area contributed by atoms with Crippen LogP contribution in [0.1, 0.15) is 29.8 Å². The number of benzene rings is 1. The Hall–Kier alpha value is -2.47. The van der Waals surface area contributed by atoms with Crippen molar-refractivity contribution in [1.82, 2.24) is 19.5 Å². The van der Waals surface area contributed by atoms with Crippen LogP contribution in [0.3, 0.4) is 0 Å². The van der Waals surface area contributed by atoms with Crippen LogP contribution < -0.4 is 5.73 Å². The first kappa shape index (κ1) is 16.0. The molecule has 0 aliphatic carbocycles. The second-order valence-corrected chi connectivity index (χ2v) is 6.90. The van der Waals surface area contributed by atoms with Gasteiger partial charge in [-0.05, 0) is 44.4 Å². The Kier molecular flexibility index (Phi) is 3.92. The Morgan fingerprint density at radius 2 is 2.12 bits per heavy atom. The molecule has 0 spiro atoms. The van der Waals surface area contributed by atoms with Crippen molar-refractivity contribution in [1.29, 1.82) is 0 Å². The predicted molar refractivity (Wildman–Crippen MR) is 97.5 cm³/mol. The Bertz CT molecular complexity index is 961. The molecule has 1 atom stereocenters. The minimum absolute atomic E-state index is 0.127. The average Bonchev–Trinajstić information content (AvgIpc) is 3.19. The lowest BCUT2D eigenvalue weighted by Gasteiger charge is -2.17. The van der Waals surface area contributed by atoms with Gasteiger partial charge in [0, 0.05) is 42.3 Å². The zero-order valence-electron chi connectivity index (χ0n) is 14.7. The molecule has 6 heteroatoms. The zero-order valence-corrected chi connectivity index (χ0v) is 14.7. The van der Waals surface area contributed by atoms with Crippen molar-refractivity contribution < 1.29 is 4.79 Å². The topological polar surface area (TPSA) is 76.5 Å². The maximum absolute atomic E-state index is 12.4. The van der Waals surface area contributed by atoms with Crippen LogP contribution in [0.15, 0.2) is 24.3 Å². The van der Waals surface area contributed by atoms with Crippen molar-refractivity contribution in [2.75, 3.05) is 13.1 Å². The van der Waals surface area contributed by atoms with Gasteiger partial charge < -0.3 is 10.6 Å². The first-order chi connectivity index (χ1) is 12.0. The fraction of sp³-hybridized carbons (Fsp3) is 0.421. The molecule has 1 fully saturated rings. The third-order valence-electron chi connectivity index (χ3n) is 5.18. The van der Waals surface area contributed by atoms with E-state index in [4.69, 9.17) is 10.7 Å². The highest BCUT2D eigenvalue weighted by Gasteiger charge is 2.24. The molecule has 0 unspecified atom stereocenters. The van der Waals surface area contributed by atoms with E-state index in [1.54, 1.807) is 0 Å². The van der Waals surface area contributed by atoms with Crippen molar-refractivity contribution in [3.05, 3.63) is 41.2 Å². The summed E-state index contributed by atoms with van der Waals surface area (Å²) >= 11 is 0. The van der Waals surface area contributed by atoms with Gasteiger partial charge in [-0.1, -0.05) is 12.1 Å². The predicted octanol–water partition coefficient (Wildman–Crippen LogP) is 1.99. The van der Waals surface area contributed by atoms with E-state index >= 15 is 0 Å². The van der Waals surface area contributed by atoms with Crippen LogP contribution in [0.2, 0.25) is 0 Å². The number of carbonyl (C=O) groups is 1. The van der Waals surface area contributed by atoms with Gasteiger partial charge in [-0.3, -0.25) is 4.79 Å². The van der Waals surface area contributed by atoms with Crippen LogP contribution in [-0.4, -0.2) is 44.5 Å². The Balaban J connectivity index is 1.63. The number of hydrogen-bond acceptors (Lipinski definition) is 4.